The molecule has 6 heterocycles. The van der Waals surface area contributed by atoms with Crippen molar-refractivity contribution < 1.29 is 19.1 Å². The smallest absolute Gasteiger partial charge is 0.244 e. The average Bonchev–Trinajstić information content (AvgIpc) is 3.76. The summed E-state index contributed by atoms with van der Waals surface area (Å²) in [6.45, 7) is 14.1. The Morgan fingerprint density at radius 2 is 1.05 bits per heavy atom. The largest absolute Gasteiger partial charge is 0.492 e. The zero-order chi connectivity index (χ0) is 45.3. The maximum atomic E-state index is 13.0. The zero-order valence-electron chi connectivity index (χ0n) is 35.9. The highest BCUT2D eigenvalue weighted by Gasteiger charge is 2.27. The van der Waals surface area contributed by atoms with E-state index >= 15 is 0 Å². The Hall–Kier alpha value is -5.68. The molecular formula is C44H48Cl4N12O4. The van der Waals surface area contributed by atoms with Gasteiger partial charge in [0, 0.05) is 101 Å². The molecular weight excluding hydrogens is 902 g/mol. The summed E-state index contributed by atoms with van der Waals surface area (Å²) >= 11 is 25.3. The summed E-state index contributed by atoms with van der Waals surface area (Å²) in [5, 5.41) is 11.0. The fourth-order valence-electron chi connectivity index (χ4n) is 7.35. The van der Waals surface area contributed by atoms with E-state index in [1.165, 1.54) is 0 Å². The molecule has 16 nitrogen and oxygen atoms in total. The second kappa shape index (κ2) is 21.3. The van der Waals surface area contributed by atoms with Crippen LogP contribution in [-0.4, -0.2) is 127 Å². The summed E-state index contributed by atoms with van der Waals surface area (Å²) in [5.74, 6) is 2.21. The number of ether oxygens (including phenoxy) is 2. The Bertz CT molecular complexity index is 2550. The van der Waals surface area contributed by atoms with Gasteiger partial charge in [-0.15, -0.1) is 0 Å². The lowest BCUT2D eigenvalue weighted by atomic mass is 10.2. The van der Waals surface area contributed by atoms with E-state index in [0.29, 0.717) is 118 Å². The maximum Gasteiger partial charge on any atom is 0.244 e. The number of amides is 2. The van der Waals surface area contributed by atoms with E-state index in [4.69, 9.17) is 55.9 Å². The normalized spacial score (nSPS) is 14.0. The zero-order valence-corrected chi connectivity index (χ0v) is 38.9. The lowest BCUT2D eigenvalue weighted by molar-refractivity contribution is -0.133. The van der Waals surface area contributed by atoms with Crippen molar-refractivity contribution >= 4 is 69.6 Å². The molecule has 4 aromatic heterocycles. The Kier molecular flexibility index (Phi) is 15.4. The lowest BCUT2D eigenvalue weighted by Crippen LogP contribution is -2.49. The fraction of sp³-hybridized carbons (Fsp3) is 0.364. The van der Waals surface area contributed by atoms with E-state index in [-0.39, 0.29) is 24.9 Å². The van der Waals surface area contributed by atoms with E-state index in [0.717, 1.165) is 24.5 Å². The third-order valence-corrected chi connectivity index (χ3v) is 12.3. The monoisotopic (exact) mass is 948 g/mol. The number of aromatic nitrogens is 8. The van der Waals surface area contributed by atoms with Gasteiger partial charge in [-0.3, -0.25) is 19.0 Å². The number of halogens is 4. The average molecular weight is 951 g/mol. The van der Waals surface area contributed by atoms with Crippen molar-refractivity contribution in [2.24, 2.45) is 0 Å². The molecule has 2 saturated heterocycles. The first-order valence-electron chi connectivity index (χ1n) is 20.9. The van der Waals surface area contributed by atoms with Crippen molar-refractivity contribution in [3.05, 3.63) is 105 Å². The predicted octanol–water partition coefficient (Wildman–Crippen LogP) is 7.41. The molecule has 20 heteroatoms. The topological polar surface area (TPSA) is 153 Å². The molecule has 2 aliphatic rings. The molecule has 0 unspecified atom stereocenters. The van der Waals surface area contributed by atoms with Crippen LogP contribution in [-0.2, 0) is 22.7 Å². The van der Waals surface area contributed by atoms with Crippen LogP contribution in [0.3, 0.4) is 0 Å². The van der Waals surface area contributed by atoms with Gasteiger partial charge in [-0.2, -0.15) is 10.2 Å². The number of hydrogen-bond donors (Lipinski definition) is 0. The van der Waals surface area contributed by atoms with Gasteiger partial charge in [-0.1, -0.05) is 46.4 Å². The molecule has 336 valence electrons. The minimum Gasteiger partial charge on any atom is -0.492 e. The van der Waals surface area contributed by atoms with Gasteiger partial charge in [0.05, 0.1) is 44.7 Å². The molecule has 2 amide bonds. The van der Waals surface area contributed by atoms with Crippen LogP contribution < -0.4 is 19.3 Å². The van der Waals surface area contributed by atoms with Gasteiger partial charge in [-0.05, 0) is 64.1 Å². The van der Waals surface area contributed by atoms with Crippen LogP contribution in [0, 0.1) is 13.8 Å². The third-order valence-electron chi connectivity index (χ3n) is 10.7. The predicted molar refractivity (Wildman–Crippen MR) is 249 cm³/mol. The Morgan fingerprint density at radius 1 is 0.594 bits per heavy atom. The molecule has 0 saturated carbocycles. The van der Waals surface area contributed by atoms with Gasteiger partial charge in [0.1, 0.15) is 36.0 Å². The van der Waals surface area contributed by atoms with Crippen LogP contribution in [0.4, 0.5) is 11.4 Å². The second-order valence-corrected chi connectivity index (χ2v) is 16.4. The highest BCUT2D eigenvalue weighted by atomic mass is 35.5. The number of nitrogens with zero attached hydrogens (tertiary/aromatic N) is 12. The second-order valence-electron chi connectivity index (χ2n) is 14.8. The van der Waals surface area contributed by atoms with E-state index in [1.807, 2.05) is 67.0 Å². The number of hydrogen-bond acceptors (Lipinski definition) is 12. The summed E-state index contributed by atoms with van der Waals surface area (Å²) < 4.78 is 14.4. The Morgan fingerprint density at radius 3 is 1.52 bits per heavy atom. The third kappa shape index (κ3) is 10.8. The molecule has 6 aromatic rings. The summed E-state index contributed by atoms with van der Waals surface area (Å²) in [6, 6.07) is 15.0. The van der Waals surface area contributed by atoms with E-state index in [1.54, 1.807) is 53.2 Å². The fourth-order valence-corrected chi connectivity index (χ4v) is 8.13. The number of carbonyl (C=O) groups is 2. The van der Waals surface area contributed by atoms with Crippen LogP contribution in [0.25, 0.3) is 23.0 Å². The molecule has 0 N–H and O–H groups in total. The first-order valence-corrected chi connectivity index (χ1v) is 22.4. The van der Waals surface area contributed by atoms with Gasteiger partial charge in [0.25, 0.3) is 0 Å². The first kappa shape index (κ1) is 46.3. The molecule has 64 heavy (non-hydrogen) atoms. The van der Waals surface area contributed by atoms with Crippen LogP contribution in [0.15, 0.2) is 73.3 Å². The molecule has 2 aliphatic heterocycles. The number of anilines is 2. The molecule has 2 aromatic carbocycles. The lowest BCUT2D eigenvalue weighted by Gasteiger charge is -2.36. The van der Waals surface area contributed by atoms with Gasteiger partial charge in [0.15, 0.2) is 11.6 Å². The quantitative estimate of drug-likeness (QED) is 0.120. The minimum atomic E-state index is -0.0212. The standard InChI is InChI=1S/2C22H24Cl2N6O2/c1-3-32-18-13-16(5-6-17(18)23)28-9-11-29(12-10-28)19(31)14-30-15(2)20(24)21(27-30)22-25-7-4-8-26-22;1-3-32-18-13-16(5-6-17(18)23)28-9-11-29(12-10-28)19(31)14-30-21(20(24)15(2)27-30)22-25-7-4-8-26-22/h2*4-8,13H,3,9-12,14H2,1-2H3. The molecule has 8 rings (SSSR count). The first-order chi connectivity index (χ1) is 30.9. The molecule has 0 aliphatic carbocycles. The Balaban J connectivity index is 0.000000191. The van der Waals surface area contributed by atoms with Gasteiger partial charge >= 0.3 is 0 Å². The minimum absolute atomic E-state index is 0.00134. The Labute approximate surface area is 391 Å². The highest BCUT2D eigenvalue weighted by Crippen LogP contribution is 2.33. The van der Waals surface area contributed by atoms with Crippen molar-refractivity contribution in [2.45, 2.75) is 40.8 Å². The van der Waals surface area contributed by atoms with Gasteiger partial charge < -0.3 is 29.1 Å². The number of carbonyl (C=O) groups excluding carboxylic acids is 2. The number of rotatable bonds is 12. The van der Waals surface area contributed by atoms with Crippen LogP contribution in [0.2, 0.25) is 20.1 Å². The van der Waals surface area contributed by atoms with Crippen molar-refractivity contribution in [2.75, 3.05) is 75.4 Å². The van der Waals surface area contributed by atoms with Crippen molar-refractivity contribution in [3.8, 4) is 34.5 Å². The molecule has 2 fully saturated rings. The summed E-state index contributed by atoms with van der Waals surface area (Å²) in [7, 11) is 0. The summed E-state index contributed by atoms with van der Waals surface area (Å²) in [5.41, 5.74) is 4.46. The number of piperazine rings is 2. The van der Waals surface area contributed by atoms with Crippen LogP contribution in [0.5, 0.6) is 11.5 Å². The summed E-state index contributed by atoms with van der Waals surface area (Å²) in [4.78, 5) is 51.0. The molecule has 0 atom stereocenters. The van der Waals surface area contributed by atoms with Crippen LogP contribution >= 0.6 is 46.4 Å². The molecule has 0 bridgehead atoms. The van der Waals surface area contributed by atoms with E-state index in [9.17, 15) is 9.59 Å². The van der Waals surface area contributed by atoms with Gasteiger partial charge in [0.2, 0.25) is 11.8 Å². The highest BCUT2D eigenvalue weighted by molar-refractivity contribution is 6.34. The molecule has 0 radical (unpaired) electrons. The van der Waals surface area contributed by atoms with Crippen molar-refractivity contribution in [1.82, 2.24) is 49.3 Å². The van der Waals surface area contributed by atoms with Crippen LogP contribution in [0.1, 0.15) is 25.2 Å². The summed E-state index contributed by atoms with van der Waals surface area (Å²) in [6.07, 6.45) is 6.55. The maximum absolute atomic E-state index is 13.0. The number of aryl methyl sites for hydroxylation is 1. The van der Waals surface area contributed by atoms with Gasteiger partial charge in [-0.25, -0.2) is 19.9 Å². The van der Waals surface area contributed by atoms with Crippen molar-refractivity contribution in [3.63, 3.8) is 0 Å². The number of benzene rings is 2. The molecule has 0 spiro atoms. The SMILES string of the molecule is CCOc1cc(N2CCN(C(=O)Cn3nc(-c4ncccn4)c(Cl)c3C)CC2)ccc1Cl.CCOc1cc(N2CCN(C(=O)Cn3nc(C)c(Cl)c3-c3ncccn3)CC2)ccc1Cl. The van der Waals surface area contributed by atoms with Crippen molar-refractivity contribution in [1.29, 1.82) is 0 Å². The van der Waals surface area contributed by atoms with E-state index < -0.39 is 0 Å². The van der Waals surface area contributed by atoms with E-state index in [2.05, 4.69) is 39.9 Å².